The summed E-state index contributed by atoms with van der Waals surface area (Å²) < 4.78 is 1.81. The van der Waals surface area contributed by atoms with Gasteiger partial charge in [-0.3, -0.25) is 0 Å². The third-order valence-corrected chi connectivity index (χ3v) is 2.77. The molecule has 0 unspecified atom stereocenters. The van der Waals surface area contributed by atoms with Crippen molar-refractivity contribution in [2.45, 2.75) is 26.4 Å². The predicted octanol–water partition coefficient (Wildman–Crippen LogP) is 3.02. The molecular formula is C13H16ClN3. The van der Waals surface area contributed by atoms with Crippen molar-refractivity contribution in [2.24, 2.45) is 0 Å². The normalized spacial score (nSPS) is 11.1. The van der Waals surface area contributed by atoms with Crippen molar-refractivity contribution in [1.29, 1.82) is 0 Å². The van der Waals surface area contributed by atoms with E-state index in [4.69, 9.17) is 11.6 Å². The molecule has 90 valence electrons. The molecule has 3 nitrogen and oxygen atoms in total. The summed E-state index contributed by atoms with van der Waals surface area (Å²) in [6, 6.07) is 8.16. The van der Waals surface area contributed by atoms with E-state index >= 15 is 0 Å². The van der Waals surface area contributed by atoms with E-state index in [9.17, 15) is 0 Å². The van der Waals surface area contributed by atoms with Crippen molar-refractivity contribution in [3.05, 3.63) is 47.2 Å². The number of benzene rings is 1. The number of aromatic nitrogens is 2. The van der Waals surface area contributed by atoms with Gasteiger partial charge in [0.1, 0.15) is 0 Å². The van der Waals surface area contributed by atoms with Gasteiger partial charge in [0.15, 0.2) is 0 Å². The highest BCUT2D eigenvalue weighted by Crippen LogP contribution is 2.19. The monoisotopic (exact) mass is 249 g/mol. The minimum absolute atomic E-state index is 0.471. The summed E-state index contributed by atoms with van der Waals surface area (Å²) >= 11 is 6.12. The molecule has 0 bridgehead atoms. The second-order valence-electron chi connectivity index (χ2n) is 4.28. The van der Waals surface area contributed by atoms with Crippen LogP contribution >= 0.6 is 11.6 Å². The first-order valence-electron chi connectivity index (χ1n) is 5.68. The zero-order valence-electron chi connectivity index (χ0n) is 10.0. The number of para-hydroxylation sites is 1. The number of nitrogens with zero attached hydrogens (tertiary/aromatic N) is 2. The van der Waals surface area contributed by atoms with Gasteiger partial charge >= 0.3 is 0 Å². The molecule has 1 aromatic carbocycles. The molecule has 0 fully saturated rings. The summed E-state index contributed by atoms with van der Waals surface area (Å²) in [5.41, 5.74) is 2.06. The fourth-order valence-corrected chi connectivity index (χ4v) is 1.76. The fraction of sp³-hybridized carbons (Fsp3) is 0.308. The van der Waals surface area contributed by atoms with Crippen molar-refractivity contribution in [3.63, 3.8) is 0 Å². The van der Waals surface area contributed by atoms with E-state index in [-0.39, 0.29) is 0 Å². The Kier molecular flexibility index (Phi) is 3.82. The Morgan fingerprint density at radius 3 is 2.82 bits per heavy atom. The first-order chi connectivity index (χ1) is 8.16. The van der Waals surface area contributed by atoms with E-state index in [2.05, 4.69) is 24.3 Å². The molecular weight excluding hydrogens is 234 g/mol. The summed E-state index contributed by atoms with van der Waals surface area (Å²) in [5.74, 6) is 0. The minimum Gasteiger partial charge on any atom is -0.310 e. The second-order valence-corrected chi connectivity index (χ2v) is 4.69. The van der Waals surface area contributed by atoms with E-state index in [1.54, 1.807) is 4.68 Å². The Bertz CT molecular complexity index is 491. The summed E-state index contributed by atoms with van der Waals surface area (Å²) in [5, 5.41) is 8.38. The maximum absolute atomic E-state index is 6.12. The standard InChI is InChI=1S/C13H16ClN3/c1-10(2)15-7-11-8-16-17(9-11)13-6-4-3-5-12(13)14/h3-6,8-10,15H,7H2,1-2H3. The summed E-state index contributed by atoms with van der Waals surface area (Å²) in [6.45, 7) is 5.07. The smallest absolute Gasteiger partial charge is 0.0831 e. The molecule has 1 N–H and O–H groups in total. The zero-order valence-corrected chi connectivity index (χ0v) is 10.8. The van der Waals surface area contributed by atoms with Crippen LogP contribution in [0.25, 0.3) is 5.69 Å². The Balaban J connectivity index is 2.16. The van der Waals surface area contributed by atoms with E-state index in [0.29, 0.717) is 11.1 Å². The Labute approximate surface area is 106 Å². The van der Waals surface area contributed by atoms with E-state index < -0.39 is 0 Å². The van der Waals surface area contributed by atoms with E-state index in [1.807, 2.05) is 36.7 Å². The van der Waals surface area contributed by atoms with Gasteiger partial charge < -0.3 is 5.32 Å². The van der Waals surface area contributed by atoms with Crippen LogP contribution < -0.4 is 5.32 Å². The van der Waals surface area contributed by atoms with Crippen molar-refractivity contribution in [2.75, 3.05) is 0 Å². The van der Waals surface area contributed by atoms with E-state index in [0.717, 1.165) is 17.8 Å². The molecule has 2 rings (SSSR count). The lowest BCUT2D eigenvalue weighted by molar-refractivity contribution is 0.589. The van der Waals surface area contributed by atoms with Gasteiger partial charge in [-0.2, -0.15) is 5.10 Å². The van der Waals surface area contributed by atoms with Gasteiger partial charge in [0.25, 0.3) is 0 Å². The molecule has 0 atom stereocenters. The highest BCUT2D eigenvalue weighted by Gasteiger charge is 2.04. The molecule has 0 aliphatic carbocycles. The number of halogens is 1. The van der Waals surface area contributed by atoms with Crippen LogP contribution in [0.3, 0.4) is 0 Å². The van der Waals surface area contributed by atoms with Crippen LogP contribution in [0.15, 0.2) is 36.7 Å². The number of hydrogen-bond acceptors (Lipinski definition) is 2. The largest absolute Gasteiger partial charge is 0.310 e. The first kappa shape index (κ1) is 12.1. The maximum Gasteiger partial charge on any atom is 0.0831 e. The number of nitrogens with one attached hydrogen (secondary N) is 1. The van der Waals surface area contributed by atoms with Crippen LogP contribution in [-0.4, -0.2) is 15.8 Å². The number of rotatable bonds is 4. The predicted molar refractivity (Wildman–Crippen MR) is 70.5 cm³/mol. The summed E-state index contributed by atoms with van der Waals surface area (Å²) in [6.07, 6.45) is 3.86. The van der Waals surface area contributed by atoms with Crippen LogP contribution in [0.5, 0.6) is 0 Å². The lowest BCUT2D eigenvalue weighted by Crippen LogP contribution is -2.21. The lowest BCUT2D eigenvalue weighted by atomic mass is 10.3. The molecule has 2 aromatic rings. The van der Waals surface area contributed by atoms with Crippen LogP contribution in [0.1, 0.15) is 19.4 Å². The zero-order chi connectivity index (χ0) is 12.3. The average molecular weight is 250 g/mol. The minimum atomic E-state index is 0.471. The molecule has 0 saturated heterocycles. The third kappa shape index (κ3) is 3.08. The highest BCUT2D eigenvalue weighted by molar-refractivity contribution is 6.32. The molecule has 0 aliphatic heterocycles. The molecule has 0 radical (unpaired) electrons. The Morgan fingerprint density at radius 1 is 1.35 bits per heavy atom. The molecule has 4 heteroatoms. The SMILES string of the molecule is CC(C)NCc1cnn(-c2ccccc2Cl)c1. The van der Waals surface area contributed by atoms with Gasteiger partial charge in [-0.25, -0.2) is 4.68 Å². The lowest BCUT2D eigenvalue weighted by Gasteiger charge is -2.05. The van der Waals surface area contributed by atoms with Crippen LogP contribution in [0, 0.1) is 0 Å². The van der Waals surface area contributed by atoms with Gasteiger partial charge in [0.05, 0.1) is 16.9 Å². The molecule has 0 amide bonds. The van der Waals surface area contributed by atoms with Crippen molar-refractivity contribution in [1.82, 2.24) is 15.1 Å². The Morgan fingerprint density at radius 2 is 2.12 bits per heavy atom. The van der Waals surface area contributed by atoms with Crippen LogP contribution in [0.2, 0.25) is 5.02 Å². The van der Waals surface area contributed by atoms with Crippen LogP contribution in [0.4, 0.5) is 0 Å². The van der Waals surface area contributed by atoms with Crippen molar-refractivity contribution < 1.29 is 0 Å². The highest BCUT2D eigenvalue weighted by atomic mass is 35.5. The third-order valence-electron chi connectivity index (χ3n) is 2.45. The van der Waals surface area contributed by atoms with Gasteiger partial charge in [0, 0.05) is 24.3 Å². The topological polar surface area (TPSA) is 29.9 Å². The van der Waals surface area contributed by atoms with Gasteiger partial charge in [-0.05, 0) is 12.1 Å². The van der Waals surface area contributed by atoms with Crippen LogP contribution in [-0.2, 0) is 6.54 Å². The molecule has 0 spiro atoms. The van der Waals surface area contributed by atoms with Gasteiger partial charge in [-0.1, -0.05) is 37.6 Å². The van der Waals surface area contributed by atoms with Crippen molar-refractivity contribution in [3.8, 4) is 5.69 Å². The molecule has 0 saturated carbocycles. The van der Waals surface area contributed by atoms with Crippen molar-refractivity contribution >= 4 is 11.6 Å². The molecule has 1 heterocycles. The molecule has 17 heavy (non-hydrogen) atoms. The Hall–Kier alpha value is -1.32. The maximum atomic E-state index is 6.12. The van der Waals surface area contributed by atoms with E-state index in [1.165, 1.54) is 0 Å². The average Bonchev–Trinajstić information content (AvgIpc) is 2.75. The molecule has 0 aliphatic rings. The molecule has 1 aromatic heterocycles. The fourth-order valence-electron chi connectivity index (χ4n) is 1.54. The first-order valence-corrected chi connectivity index (χ1v) is 6.06. The summed E-state index contributed by atoms with van der Waals surface area (Å²) in [7, 11) is 0. The second kappa shape index (κ2) is 5.34. The van der Waals surface area contributed by atoms with Gasteiger partial charge in [-0.15, -0.1) is 0 Å². The van der Waals surface area contributed by atoms with Gasteiger partial charge in [0.2, 0.25) is 0 Å². The summed E-state index contributed by atoms with van der Waals surface area (Å²) in [4.78, 5) is 0. The number of hydrogen-bond donors (Lipinski definition) is 1. The quantitative estimate of drug-likeness (QED) is 0.903.